The molecule has 2 atom stereocenters. The van der Waals surface area contributed by atoms with Gasteiger partial charge in [-0.1, -0.05) is 30.3 Å². The second-order valence-electron chi connectivity index (χ2n) is 4.76. The third kappa shape index (κ3) is 2.10. The van der Waals surface area contributed by atoms with Crippen LogP contribution in [0.2, 0.25) is 0 Å². The summed E-state index contributed by atoms with van der Waals surface area (Å²) in [5.74, 6) is 0. The first-order valence-electron chi connectivity index (χ1n) is 5.66. The predicted octanol–water partition coefficient (Wildman–Crippen LogP) is 2.76. The lowest BCUT2D eigenvalue weighted by Crippen LogP contribution is -2.44. The summed E-state index contributed by atoms with van der Waals surface area (Å²) in [4.78, 5) is 23.8. The van der Waals surface area contributed by atoms with E-state index in [-0.39, 0.29) is 5.37 Å². The fraction of sp³-hybridized carbons (Fsp3) is 0.385. The first-order valence-corrected chi connectivity index (χ1v) is 6.54. The summed E-state index contributed by atoms with van der Waals surface area (Å²) in [5.41, 5.74) is 0.905. The molecule has 1 saturated heterocycles. The van der Waals surface area contributed by atoms with Crippen molar-refractivity contribution >= 4 is 24.1 Å². The van der Waals surface area contributed by atoms with Crippen molar-refractivity contribution in [3.8, 4) is 0 Å². The second kappa shape index (κ2) is 4.65. The Balaban J connectivity index is 2.42. The summed E-state index contributed by atoms with van der Waals surface area (Å²) in [6, 6.07) is 8.78. The monoisotopic (exact) mass is 265 g/mol. The maximum absolute atomic E-state index is 11.4. The Labute approximate surface area is 110 Å². The summed E-state index contributed by atoms with van der Waals surface area (Å²) < 4.78 is -0.416. The minimum atomic E-state index is -1.06. The molecule has 1 aliphatic heterocycles. The number of aldehydes is 1. The van der Waals surface area contributed by atoms with Gasteiger partial charge in [0.15, 0.2) is 0 Å². The molecule has 1 heterocycles. The van der Waals surface area contributed by atoms with Crippen molar-refractivity contribution in [2.45, 2.75) is 30.0 Å². The Morgan fingerprint density at radius 3 is 2.50 bits per heavy atom. The average molecular weight is 265 g/mol. The molecule has 0 bridgehead atoms. The Morgan fingerprint density at radius 1 is 1.39 bits per heavy atom. The molecule has 0 radical (unpaired) electrons. The molecular weight excluding hydrogens is 250 g/mol. The first-order chi connectivity index (χ1) is 8.47. The maximum Gasteiger partial charge on any atom is 0.409 e. The SMILES string of the molecule is CC1(C)SC(c2ccccc2)N(C(=O)O)[C@H]1C=O. The van der Waals surface area contributed by atoms with Crippen molar-refractivity contribution in [1.82, 2.24) is 4.90 Å². The van der Waals surface area contributed by atoms with Gasteiger partial charge in [-0.15, -0.1) is 11.8 Å². The smallest absolute Gasteiger partial charge is 0.409 e. The van der Waals surface area contributed by atoms with Crippen LogP contribution in [0.4, 0.5) is 4.79 Å². The highest BCUT2D eigenvalue weighted by Gasteiger charge is 2.50. The van der Waals surface area contributed by atoms with Crippen molar-refractivity contribution < 1.29 is 14.7 Å². The highest BCUT2D eigenvalue weighted by molar-refractivity contribution is 8.01. The van der Waals surface area contributed by atoms with Crippen LogP contribution in [0.1, 0.15) is 24.8 Å². The normalized spacial score (nSPS) is 26.0. The van der Waals surface area contributed by atoms with Gasteiger partial charge in [-0.3, -0.25) is 4.90 Å². The Bertz CT molecular complexity index is 461. The molecule has 18 heavy (non-hydrogen) atoms. The molecule has 1 aromatic rings. The van der Waals surface area contributed by atoms with E-state index >= 15 is 0 Å². The number of thioether (sulfide) groups is 1. The van der Waals surface area contributed by atoms with E-state index < -0.39 is 16.9 Å². The molecule has 96 valence electrons. The van der Waals surface area contributed by atoms with Gasteiger partial charge >= 0.3 is 6.09 Å². The number of rotatable bonds is 2. The maximum atomic E-state index is 11.4. The zero-order valence-corrected chi connectivity index (χ0v) is 11.1. The highest BCUT2D eigenvalue weighted by Crippen LogP contribution is 2.51. The lowest BCUT2D eigenvalue weighted by Gasteiger charge is -2.26. The summed E-state index contributed by atoms with van der Waals surface area (Å²) in [6.45, 7) is 3.80. The van der Waals surface area contributed by atoms with Crippen LogP contribution >= 0.6 is 11.8 Å². The lowest BCUT2D eigenvalue weighted by molar-refractivity contribution is -0.112. The van der Waals surface area contributed by atoms with Crippen LogP contribution in [-0.2, 0) is 4.79 Å². The summed E-state index contributed by atoms with van der Waals surface area (Å²) in [6.07, 6.45) is -0.330. The van der Waals surface area contributed by atoms with E-state index in [2.05, 4.69) is 0 Å². The van der Waals surface area contributed by atoms with Crippen molar-refractivity contribution in [3.63, 3.8) is 0 Å². The molecule has 1 amide bonds. The van der Waals surface area contributed by atoms with Gasteiger partial charge in [0.2, 0.25) is 0 Å². The number of hydrogen-bond donors (Lipinski definition) is 1. The first kappa shape index (κ1) is 13.0. The minimum Gasteiger partial charge on any atom is -0.465 e. The van der Waals surface area contributed by atoms with Crippen LogP contribution < -0.4 is 0 Å². The van der Waals surface area contributed by atoms with Crippen molar-refractivity contribution in [1.29, 1.82) is 0 Å². The molecule has 0 saturated carbocycles. The van der Waals surface area contributed by atoms with E-state index in [1.807, 2.05) is 44.2 Å². The number of carboxylic acid groups (broad SMARTS) is 1. The molecule has 1 N–H and O–H groups in total. The van der Waals surface area contributed by atoms with Crippen LogP contribution in [0, 0.1) is 0 Å². The van der Waals surface area contributed by atoms with Gasteiger partial charge in [0.25, 0.3) is 0 Å². The van der Waals surface area contributed by atoms with Gasteiger partial charge in [0, 0.05) is 4.75 Å². The lowest BCUT2D eigenvalue weighted by atomic mass is 10.0. The standard InChI is InChI=1S/C13H15NO3S/c1-13(2)10(8-15)14(12(16)17)11(18-13)9-6-4-3-5-7-9/h3-8,10-11H,1-2H3,(H,16,17)/t10-,11?/m0/s1. The van der Waals surface area contributed by atoms with E-state index in [1.54, 1.807) is 0 Å². The molecule has 0 aromatic heterocycles. The molecule has 1 aromatic carbocycles. The van der Waals surface area contributed by atoms with E-state index in [9.17, 15) is 14.7 Å². The largest absolute Gasteiger partial charge is 0.465 e. The zero-order chi connectivity index (χ0) is 13.3. The fourth-order valence-corrected chi connectivity index (χ4v) is 3.70. The Hall–Kier alpha value is -1.49. The number of hydrogen-bond acceptors (Lipinski definition) is 3. The number of benzene rings is 1. The molecular formula is C13H15NO3S. The van der Waals surface area contributed by atoms with Crippen molar-refractivity contribution in [3.05, 3.63) is 35.9 Å². The molecule has 5 heteroatoms. The number of carbonyl (C=O) groups is 2. The van der Waals surface area contributed by atoms with Gasteiger partial charge in [0.05, 0.1) is 0 Å². The van der Waals surface area contributed by atoms with Crippen LogP contribution in [0.5, 0.6) is 0 Å². The van der Waals surface area contributed by atoms with E-state index in [0.717, 1.165) is 11.8 Å². The third-order valence-electron chi connectivity index (χ3n) is 3.11. The quantitative estimate of drug-likeness (QED) is 0.835. The minimum absolute atomic E-state index is 0.325. The molecule has 1 fully saturated rings. The summed E-state index contributed by atoms with van der Waals surface area (Å²) in [7, 11) is 0. The molecule has 1 aliphatic rings. The molecule has 0 aliphatic carbocycles. The Kier molecular flexibility index (Phi) is 3.34. The van der Waals surface area contributed by atoms with Gasteiger partial charge < -0.3 is 9.90 Å². The van der Waals surface area contributed by atoms with Crippen LogP contribution in [0.3, 0.4) is 0 Å². The van der Waals surface area contributed by atoms with E-state index in [4.69, 9.17) is 0 Å². The number of amides is 1. The van der Waals surface area contributed by atoms with E-state index in [0.29, 0.717) is 0 Å². The number of carbonyl (C=O) groups excluding carboxylic acids is 1. The summed E-state index contributed by atoms with van der Waals surface area (Å²) >= 11 is 1.50. The van der Waals surface area contributed by atoms with Crippen molar-refractivity contribution in [2.75, 3.05) is 0 Å². The molecule has 0 spiro atoms. The van der Waals surface area contributed by atoms with Gasteiger partial charge in [0.1, 0.15) is 17.7 Å². The van der Waals surface area contributed by atoms with Gasteiger partial charge in [-0.05, 0) is 19.4 Å². The van der Waals surface area contributed by atoms with E-state index in [1.165, 1.54) is 16.7 Å². The average Bonchev–Trinajstić information content (AvgIpc) is 2.61. The molecule has 1 unspecified atom stereocenters. The van der Waals surface area contributed by atoms with Gasteiger partial charge in [-0.2, -0.15) is 0 Å². The molecule has 2 rings (SSSR count). The van der Waals surface area contributed by atoms with Crippen molar-refractivity contribution in [2.24, 2.45) is 0 Å². The third-order valence-corrected chi connectivity index (χ3v) is 4.69. The fourth-order valence-electron chi connectivity index (χ4n) is 2.19. The topological polar surface area (TPSA) is 57.6 Å². The molecule has 4 nitrogen and oxygen atoms in total. The van der Waals surface area contributed by atoms with Crippen LogP contribution in [0.15, 0.2) is 30.3 Å². The zero-order valence-electron chi connectivity index (χ0n) is 10.2. The Morgan fingerprint density at radius 2 is 2.00 bits per heavy atom. The second-order valence-corrected chi connectivity index (χ2v) is 6.49. The van der Waals surface area contributed by atoms with Gasteiger partial charge in [-0.25, -0.2) is 4.79 Å². The predicted molar refractivity (Wildman–Crippen MR) is 70.6 cm³/mol. The van der Waals surface area contributed by atoms with Crippen LogP contribution in [0.25, 0.3) is 0 Å². The number of nitrogens with zero attached hydrogens (tertiary/aromatic N) is 1. The highest BCUT2D eigenvalue weighted by atomic mass is 32.2. The summed E-state index contributed by atoms with van der Waals surface area (Å²) in [5, 5.41) is 9.01. The van der Waals surface area contributed by atoms with Crippen LogP contribution in [-0.4, -0.2) is 33.2 Å².